The highest BCUT2D eigenvalue weighted by Crippen LogP contribution is 2.40. The maximum Gasteiger partial charge on any atom is 0.0690 e. The van der Waals surface area contributed by atoms with Crippen LogP contribution in [0.2, 0.25) is 0 Å². The first-order valence-electron chi connectivity index (χ1n) is 6.70. The molecule has 2 nitrogen and oxygen atoms in total. The molecule has 0 aliphatic heterocycles. The van der Waals surface area contributed by atoms with Gasteiger partial charge in [0.1, 0.15) is 0 Å². The summed E-state index contributed by atoms with van der Waals surface area (Å²) >= 11 is 0. The van der Waals surface area contributed by atoms with Gasteiger partial charge in [0, 0.05) is 12.0 Å². The van der Waals surface area contributed by atoms with Crippen LogP contribution in [0.15, 0.2) is 24.3 Å². The molecule has 2 aliphatic rings. The van der Waals surface area contributed by atoms with Crippen molar-refractivity contribution in [2.24, 2.45) is 5.73 Å². The van der Waals surface area contributed by atoms with Crippen molar-refractivity contribution >= 4 is 0 Å². The van der Waals surface area contributed by atoms with Crippen LogP contribution < -0.4 is 5.73 Å². The molecule has 92 valence electrons. The molecule has 0 radical (unpaired) electrons. The smallest absolute Gasteiger partial charge is 0.0690 e. The van der Waals surface area contributed by atoms with Crippen molar-refractivity contribution in [1.29, 1.82) is 0 Å². The van der Waals surface area contributed by atoms with E-state index in [-0.39, 0.29) is 5.54 Å². The Morgan fingerprint density at radius 2 is 1.82 bits per heavy atom. The Balaban J connectivity index is 1.83. The molecular formula is C15H21NO. The second-order valence-electron chi connectivity index (χ2n) is 5.96. The molecular weight excluding hydrogens is 210 g/mol. The van der Waals surface area contributed by atoms with Gasteiger partial charge >= 0.3 is 0 Å². The van der Waals surface area contributed by atoms with Crippen LogP contribution in [0.1, 0.15) is 49.7 Å². The van der Waals surface area contributed by atoms with Crippen molar-refractivity contribution in [2.75, 3.05) is 0 Å². The largest absolute Gasteiger partial charge is 0.390 e. The van der Waals surface area contributed by atoms with Crippen LogP contribution >= 0.6 is 0 Å². The van der Waals surface area contributed by atoms with Crippen LogP contribution in [0.5, 0.6) is 0 Å². The van der Waals surface area contributed by atoms with E-state index in [1.54, 1.807) is 0 Å². The van der Waals surface area contributed by atoms with Crippen LogP contribution in [0, 0.1) is 0 Å². The molecule has 0 unspecified atom stereocenters. The lowest BCUT2D eigenvalue weighted by Gasteiger charge is -2.25. The SMILES string of the molecule is NC1(c2cccc(CC3(O)CC3)c2)CCCC1. The Labute approximate surface area is 103 Å². The van der Waals surface area contributed by atoms with Crippen molar-refractivity contribution in [2.45, 2.75) is 56.1 Å². The number of rotatable bonds is 3. The third-order valence-electron chi connectivity index (χ3n) is 4.36. The molecule has 0 bridgehead atoms. The number of hydrogen-bond acceptors (Lipinski definition) is 2. The van der Waals surface area contributed by atoms with Crippen molar-refractivity contribution in [3.63, 3.8) is 0 Å². The number of nitrogens with two attached hydrogens (primary N) is 1. The predicted octanol–water partition coefficient (Wildman–Crippen LogP) is 2.48. The van der Waals surface area contributed by atoms with Gasteiger partial charge in [-0.25, -0.2) is 0 Å². The van der Waals surface area contributed by atoms with Crippen molar-refractivity contribution in [3.8, 4) is 0 Å². The average Bonchev–Trinajstić information content (AvgIpc) is 2.86. The van der Waals surface area contributed by atoms with Gasteiger partial charge in [0.25, 0.3) is 0 Å². The zero-order valence-electron chi connectivity index (χ0n) is 10.3. The minimum Gasteiger partial charge on any atom is -0.390 e. The van der Waals surface area contributed by atoms with Crippen LogP contribution in [-0.4, -0.2) is 10.7 Å². The quantitative estimate of drug-likeness (QED) is 0.839. The Morgan fingerprint density at radius 1 is 1.12 bits per heavy atom. The molecule has 0 aromatic heterocycles. The summed E-state index contributed by atoms with van der Waals surface area (Å²) in [5, 5.41) is 9.97. The van der Waals surface area contributed by atoms with Crippen LogP contribution in [-0.2, 0) is 12.0 Å². The van der Waals surface area contributed by atoms with E-state index in [4.69, 9.17) is 5.73 Å². The summed E-state index contributed by atoms with van der Waals surface area (Å²) in [6.07, 6.45) is 7.36. The Kier molecular flexibility index (Phi) is 2.53. The first-order valence-corrected chi connectivity index (χ1v) is 6.70. The average molecular weight is 231 g/mol. The van der Waals surface area contributed by atoms with Gasteiger partial charge in [-0.1, -0.05) is 37.1 Å². The van der Waals surface area contributed by atoms with Gasteiger partial charge in [-0.15, -0.1) is 0 Å². The zero-order chi connectivity index (χ0) is 11.9. The topological polar surface area (TPSA) is 46.2 Å². The van der Waals surface area contributed by atoms with Crippen LogP contribution in [0.25, 0.3) is 0 Å². The summed E-state index contributed by atoms with van der Waals surface area (Å²) in [6.45, 7) is 0. The number of benzene rings is 1. The fraction of sp³-hybridized carbons (Fsp3) is 0.600. The van der Waals surface area contributed by atoms with E-state index in [9.17, 15) is 5.11 Å². The molecule has 2 saturated carbocycles. The van der Waals surface area contributed by atoms with E-state index >= 15 is 0 Å². The zero-order valence-corrected chi connectivity index (χ0v) is 10.3. The molecule has 17 heavy (non-hydrogen) atoms. The van der Waals surface area contributed by atoms with Gasteiger partial charge in [0.05, 0.1) is 5.60 Å². The maximum absolute atomic E-state index is 9.97. The molecule has 2 fully saturated rings. The third-order valence-corrected chi connectivity index (χ3v) is 4.36. The second kappa shape index (κ2) is 3.82. The molecule has 3 N–H and O–H groups in total. The lowest BCUT2D eigenvalue weighted by Crippen LogP contribution is -2.33. The summed E-state index contributed by atoms with van der Waals surface area (Å²) in [4.78, 5) is 0. The highest BCUT2D eigenvalue weighted by atomic mass is 16.3. The van der Waals surface area contributed by atoms with Gasteiger partial charge in [-0.3, -0.25) is 0 Å². The molecule has 0 amide bonds. The van der Waals surface area contributed by atoms with Gasteiger partial charge < -0.3 is 10.8 Å². The molecule has 0 spiro atoms. The Bertz CT molecular complexity index is 417. The van der Waals surface area contributed by atoms with Crippen LogP contribution in [0.3, 0.4) is 0 Å². The molecule has 0 saturated heterocycles. The molecule has 0 atom stereocenters. The van der Waals surface area contributed by atoms with E-state index in [1.165, 1.54) is 24.0 Å². The summed E-state index contributed by atoms with van der Waals surface area (Å²) in [6, 6.07) is 8.55. The Morgan fingerprint density at radius 3 is 2.47 bits per heavy atom. The standard InChI is InChI=1S/C15H21NO/c16-15(6-1-2-7-15)13-5-3-4-12(10-13)11-14(17)8-9-14/h3-5,10,17H,1-2,6-9,11,16H2. The number of aliphatic hydroxyl groups is 1. The van der Waals surface area contributed by atoms with Gasteiger partial charge in [-0.2, -0.15) is 0 Å². The van der Waals surface area contributed by atoms with Gasteiger partial charge in [0.2, 0.25) is 0 Å². The second-order valence-corrected chi connectivity index (χ2v) is 5.96. The first kappa shape index (κ1) is 11.2. The van der Waals surface area contributed by atoms with Crippen LogP contribution in [0.4, 0.5) is 0 Å². The molecule has 2 aliphatic carbocycles. The van der Waals surface area contributed by atoms with Crippen molar-refractivity contribution < 1.29 is 5.11 Å². The normalized spacial score (nSPS) is 24.8. The molecule has 1 aromatic carbocycles. The van der Waals surface area contributed by atoms with E-state index in [2.05, 4.69) is 24.3 Å². The third kappa shape index (κ3) is 2.24. The van der Waals surface area contributed by atoms with E-state index in [0.29, 0.717) is 0 Å². The summed E-state index contributed by atoms with van der Waals surface area (Å²) in [7, 11) is 0. The predicted molar refractivity (Wildman–Crippen MR) is 68.7 cm³/mol. The first-order chi connectivity index (χ1) is 8.10. The lowest BCUT2D eigenvalue weighted by molar-refractivity contribution is 0.151. The van der Waals surface area contributed by atoms with Gasteiger partial charge in [-0.05, 0) is 36.8 Å². The van der Waals surface area contributed by atoms with E-state index in [0.717, 1.165) is 32.1 Å². The minimum absolute atomic E-state index is 0.109. The van der Waals surface area contributed by atoms with E-state index < -0.39 is 5.60 Å². The number of hydrogen-bond donors (Lipinski definition) is 2. The van der Waals surface area contributed by atoms with Crippen molar-refractivity contribution in [1.82, 2.24) is 0 Å². The minimum atomic E-state index is -0.407. The van der Waals surface area contributed by atoms with E-state index in [1.807, 2.05) is 0 Å². The summed E-state index contributed by atoms with van der Waals surface area (Å²) in [5.74, 6) is 0. The van der Waals surface area contributed by atoms with Gasteiger partial charge in [0.15, 0.2) is 0 Å². The highest BCUT2D eigenvalue weighted by Gasteiger charge is 2.40. The molecule has 1 aromatic rings. The fourth-order valence-electron chi connectivity index (χ4n) is 2.99. The highest BCUT2D eigenvalue weighted by molar-refractivity contribution is 5.31. The molecule has 0 heterocycles. The lowest BCUT2D eigenvalue weighted by atomic mass is 9.87. The molecule has 2 heteroatoms. The summed E-state index contributed by atoms with van der Waals surface area (Å²) in [5.41, 5.74) is 8.45. The Hall–Kier alpha value is -0.860. The monoisotopic (exact) mass is 231 g/mol. The fourth-order valence-corrected chi connectivity index (χ4v) is 2.99. The molecule has 3 rings (SSSR count). The van der Waals surface area contributed by atoms with Crippen molar-refractivity contribution in [3.05, 3.63) is 35.4 Å². The summed E-state index contributed by atoms with van der Waals surface area (Å²) < 4.78 is 0. The maximum atomic E-state index is 9.97.